The van der Waals surface area contributed by atoms with Crippen LogP contribution in [0.1, 0.15) is 0 Å². The van der Waals surface area contributed by atoms with E-state index in [0.29, 0.717) is 10.8 Å². The highest BCUT2D eigenvalue weighted by atomic mass is 79.9. The molecule has 0 atom stereocenters. The molecule has 0 saturated heterocycles. The van der Waals surface area contributed by atoms with E-state index in [-0.39, 0.29) is 0 Å². The van der Waals surface area contributed by atoms with Gasteiger partial charge in [0.15, 0.2) is 0 Å². The molecule has 0 heterocycles. The number of rotatable bonds is 2. The van der Waals surface area contributed by atoms with Gasteiger partial charge in [0, 0.05) is 0 Å². The molecule has 0 fully saturated rings. The van der Waals surface area contributed by atoms with Gasteiger partial charge in [0.25, 0.3) is 0 Å². The minimum absolute atomic E-state index is 0.629. The molecule has 5 aromatic rings. The summed E-state index contributed by atoms with van der Waals surface area (Å²) in [5.41, 5.74) is 0. The van der Waals surface area contributed by atoms with Gasteiger partial charge in [-0.2, -0.15) is 0 Å². The van der Waals surface area contributed by atoms with E-state index in [1.807, 2.05) is 24.3 Å². The van der Waals surface area contributed by atoms with E-state index in [9.17, 15) is 0 Å². The molecular weight excluding hydrogens is 420 g/mol. The number of ether oxygens (including phenoxy) is 1. The molecule has 0 spiro atoms. The van der Waals surface area contributed by atoms with E-state index in [0.717, 1.165) is 10.2 Å². The lowest BCUT2D eigenvalue weighted by Gasteiger charge is -2.13. The first-order valence-electron chi connectivity index (χ1n) is 8.67. The third kappa shape index (κ3) is 2.77. The molecule has 5 aromatic carbocycles. The van der Waals surface area contributed by atoms with Crippen LogP contribution < -0.4 is 4.74 Å². The van der Waals surface area contributed by atoms with Gasteiger partial charge in [-0.1, -0.05) is 72.3 Å². The summed E-state index contributed by atoms with van der Waals surface area (Å²) in [6.45, 7) is 0. The van der Waals surface area contributed by atoms with Gasteiger partial charge >= 0.3 is 0 Å². The zero-order valence-electron chi connectivity index (χ0n) is 14.2. The highest BCUT2D eigenvalue weighted by molar-refractivity contribution is 9.10. The average Bonchev–Trinajstić information content (AvgIpc) is 2.72. The molecule has 0 unspecified atom stereocenters. The van der Waals surface area contributed by atoms with Crippen molar-refractivity contribution in [1.82, 2.24) is 0 Å². The van der Waals surface area contributed by atoms with Gasteiger partial charge in [0.05, 0.1) is 9.50 Å². The maximum atomic E-state index is 6.19. The molecule has 0 aliphatic heterocycles. The molecule has 0 radical (unpaired) electrons. The van der Waals surface area contributed by atoms with Crippen molar-refractivity contribution in [2.45, 2.75) is 0 Å². The predicted molar refractivity (Wildman–Crippen MR) is 118 cm³/mol. The number of hydrogen-bond acceptors (Lipinski definition) is 1. The van der Waals surface area contributed by atoms with E-state index in [1.54, 1.807) is 0 Å². The van der Waals surface area contributed by atoms with E-state index in [2.05, 4.69) is 76.6 Å². The largest absolute Gasteiger partial charge is 0.456 e. The first kappa shape index (κ1) is 16.6. The molecular formula is C24H14BrClO. The minimum atomic E-state index is 0.629. The van der Waals surface area contributed by atoms with Crippen molar-refractivity contribution in [1.29, 1.82) is 0 Å². The van der Waals surface area contributed by atoms with Crippen LogP contribution in [0.15, 0.2) is 89.4 Å². The highest BCUT2D eigenvalue weighted by Crippen LogP contribution is 2.39. The zero-order chi connectivity index (χ0) is 18.4. The fraction of sp³-hybridized carbons (Fsp3) is 0. The van der Waals surface area contributed by atoms with Crippen LogP contribution in [0.5, 0.6) is 11.5 Å². The van der Waals surface area contributed by atoms with Gasteiger partial charge in [-0.15, -0.1) is 0 Å². The SMILES string of the molecule is Clc1cccc(Oc2ccc3c4ccccc4c4ccccc4c3c2)c1Br. The second-order valence-corrected chi connectivity index (χ2v) is 7.65. The first-order valence-corrected chi connectivity index (χ1v) is 9.84. The zero-order valence-corrected chi connectivity index (χ0v) is 16.6. The van der Waals surface area contributed by atoms with Crippen LogP contribution in [0.2, 0.25) is 5.02 Å². The Morgan fingerprint density at radius 3 is 1.78 bits per heavy atom. The molecule has 0 aromatic heterocycles. The molecule has 0 bridgehead atoms. The smallest absolute Gasteiger partial charge is 0.143 e. The number of hydrogen-bond donors (Lipinski definition) is 0. The van der Waals surface area contributed by atoms with Gasteiger partial charge in [0.2, 0.25) is 0 Å². The van der Waals surface area contributed by atoms with Gasteiger partial charge < -0.3 is 4.74 Å². The first-order chi connectivity index (χ1) is 13.2. The van der Waals surface area contributed by atoms with Crippen LogP contribution in [0.4, 0.5) is 0 Å². The summed E-state index contributed by atoms with van der Waals surface area (Å²) in [6.07, 6.45) is 0. The Morgan fingerprint density at radius 1 is 0.593 bits per heavy atom. The lowest BCUT2D eigenvalue weighted by atomic mass is 9.94. The topological polar surface area (TPSA) is 9.23 Å². The molecule has 0 saturated carbocycles. The minimum Gasteiger partial charge on any atom is -0.456 e. The molecule has 0 aliphatic rings. The summed E-state index contributed by atoms with van der Waals surface area (Å²) < 4.78 is 6.89. The molecule has 27 heavy (non-hydrogen) atoms. The van der Waals surface area contributed by atoms with Crippen LogP contribution >= 0.6 is 27.5 Å². The second kappa shape index (κ2) is 6.56. The van der Waals surface area contributed by atoms with Crippen LogP contribution in [-0.2, 0) is 0 Å². The van der Waals surface area contributed by atoms with Crippen LogP contribution in [0.25, 0.3) is 32.3 Å². The molecule has 1 nitrogen and oxygen atoms in total. The van der Waals surface area contributed by atoms with Gasteiger partial charge in [-0.3, -0.25) is 0 Å². The summed E-state index contributed by atoms with van der Waals surface area (Å²) in [6, 6.07) is 28.9. The lowest BCUT2D eigenvalue weighted by Crippen LogP contribution is -1.88. The van der Waals surface area contributed by atoms with E-state index in [4.69, 9.17) is 16.3 Å². The molecule has 0 aliphatic carbocycles. The average molecular weight is 434 g/mol. The standard InChI is InChI=1S/C24H14BrClO/c25-24-22(26)10-5-11-23(24)27-15-12-13-20-18-8-2-1-6-16(18)17-7-3-4-9-19(17)21(20)14-15/h1-14H. The van der Waals surface area contributed by atoms with Crippen molar-refractivity contribution >= 4 is 59.8 Å². The molecule has 130 valence electrons. The van der Waals surface area contributed by atoms with Crippen molar-refractivity contribution < 1.29 is 4.74 Å². The maximum absolute atomic E-state index is 6.19. The third-order valence-electron chi connectivity index (χ3n) is 4.86. The summed E-state index contributed by atoms with van der Waals surface area (Å²) >= 11 is 9.69. The van der Waals surface area contributed by atoms with Crippen LogP contribution in [0.3, 0.4) is 0 Å². The quantitative estimate of drug-likeness (QED) is 0.254. The number of fused-ring (bicyclic) bond motifs is 6. The second-order valence-electron chi connectivity index (χ2n) is 6.45. The predicted octanol–water partition coefficient (Wildman–Crippen LogP) is 8.35. The van der Waals surface area contributed by atoms with Crippen molar-refractivity contribution in [2.75, 3.05) is 0 Å². The van der Waals surface area contributed by atoms with Crippen molar-refractivity contribution in [2.24, 2.45) is 0 Å². The van der Waals surface area contributed by atoms with Crippen molar-refractivity contribution in [3.63, 3.8) is 0 Å². The monoisotopic (exact) mass is 432 g/mol. The van der Waals surface area contributed by atoms with Gasteiger partial charge in [-0.25, -0.2) is 0 Å². The van der Waals surface area contributed by atoms with Gasteiger partial charge in [0.1, 0.15) is 11.5 Å². The Balaban J connectivity index is 1.77. The number of benzene rings is 5. The van der Waals surface area contributed by atoms with E-state index >= 15 is 0 Å². The Labute approximate surface area is 170 Å². The molecule has 3 heteroatoms. The molecule has 0 N–H and O–H groups in total. The summed E-state index contributed by atoms with van der Waals surface area (Å²) in [7, 11) is 0. The normalized spacial score (nSPS) is 11.3. The summed E-state index contributed by atoms with van der Waals surface area (Å²) in [5.74, 6) is 1.48. The third-order valence-corrected chi connectivity index (χ3v) is 6.22. The summed E-state index contributed by atoms with van der Waals surface area (Å²) in [4.78, 5) is 0. The van der Waals surface area contributed by atoms with Gasteiger partial charge in [-0.05, 0) is 72.5 Å². The Morgan fingerprint density at radius 2 is 1.15 bits per heavy atom. The van der Waals surface area contributed by atoms with E-state index < -0.39 is 0 Å². The van der Waals surface area contributed by atoms with Crippen molar-refractivity contribution in [3.05, 3.63) is 94.4 Å². The van der Waals surface area contributed by atoms with E-state index in [1.165, 1.54) is 32.3 Å². The Kier molecular flexibility index (Phi) is 4.04. The lowest BCUT2D eigenvalue weighted by molar-refractivity contribution is 0.480. The highest BCUT2D eigenvalue weighted by Gasteiger charge is 2.11. The maximum Gasteiger partial charge on any atom is 0.143 e. The van der Waals surface area contributed by atoms with Crippen molar-refractivity contribution in [3.8, 4) is 11.5 Å². The molecule has 0 amide bonds. The Bertz CT molecular complexity index is 1290. The Hall–Kier alpha value is -2.55. The number of halogens is 2. The van der Waals surface area contributed by atoms with Crippen LogP contribution in [0, 0.1) is 0 Å². The fourth-order valence-electron chi connectivity index (χ4n) is 3.64. The fourth-order valence-corrected chi connectivity index (χ4v) is 4.15. The van der Waals surface area contributed by atoms with Crippen LogP contribution in [-0.4, -0.2) is 0 Å². The molecule has 5 rings (SSSR count). The summed E-state index contributed by atoms with van der Waals surface area (Å²) in [5, 5.41) is 8.03.